The molecule has 2 aliphatic heterocycles. The Bertz CT molecular complexity index is 773. The first-order valence-corrected chi connectivity index (χ1v) is 10.7. The van der Waals surface area contributed by atoms with Crippen molar-refractivity contribution < 1.29 is 22.3 Å². The summed E-state index contributed by atoms with van der Waals surface area (Å²) in [7, 11) is -3.68. The number of halogens is 1. The molecule has 7 nitrogen and oxygen atoms in total. The number of piperazine rings is 1. The lowest BCUT2D eigenvalue weighted by atomic mass is 10.2. The minimum Gasteiger partial charge on any atom is -0.379 e. The van der Waals surface area contributed by atoms with Crippen molar-refractivity contribution in [2.75, 3.05) is 59.0 Å². The van der Waals surface area contributed by atoms with Gasteiger partial charge in [0.1, 0.15) is 5.82 Å². The third-order valence-electron chi connectivity index (χ3n) is 5.09. The molecule has 2 aliphatic rings. The predicted molar refractivity (Wildman–Crippen MR) is 98.4 cm³/mol. The summed E-state index contributed by atoms with van der Waals surface area (Å²) in [6.07, 6.45) is 0.434. The summed E-state index contributed by atoms with van der Waals surface area (Å²) in [6.45, 7) is 6.64. The zero-order chi connectivity index (χ0) is 19.4. The fourth-order valence-electron chi connectivity index (χ4n) is 3.46. The Morgan fingerprint density at radius 2 is 1.78 bits per heavy atom. The molecule has 0 bridgehead atoms. The van der Waals surface area contributed by atoms with E-state index in [1.807, 2.05) is 0 Å². The molecule has 0 unspecified atom stereocenters. The molecule has 3 rings (SSSR count). The van der Waals surface area contributed by atoms with E-state index in [1.54, 1.807) is 11.8 Å². The molecule has 1 amide bonds. The van der Waals surface area contributed by atoms with Crippen LogP contribution < -0.4 is 0 Å². The predicted octanol–water partition coefficient (Wildman–Crippen LogP) is 0.689. The van der Waals surface area contributed by atoms with E-state index in [0.717, 1.165) is 19.2 Å². The van der Waals surface area contributed by atoms with Crippen LogP contribution in [0.5, 0.6) is 0 Å². The lowest BCUT2D eigenvalue weighted by Gasteiger charge is -2.35. The van der Waals surface area contributed by atoms with E-state index >= 15 is 0 Å². The second kappa shape index (κ2) is 8.64. The largest absolute Gasteiger partial charge is 0.379 e. The molecule has 2 fully saturated rings. The van der Waals surface area contributed by atoms with Gasteiger partial charge in [-0.1, -0.05) is 0 Å². The molecule has 0 aromatic heterocycles. The van der Waals surface area contributed by atoms with Crippen molar-refractivity contribution in [3.05, 3.63) is 29.6 Å². The fraction of sp³-hybridized carbons (Fsp3) is 0.611. The van der Waals surface area contributed by atoms with Crippen molar-refractivity contribution in [2.24, 2.45) is 0 Å². The van der Waals surface area contributed by atoms with Gasteiger partial charge in [0.2, 0.25) is 15.9 Å². The Labute approximate surface area is 159 Å². The number of carbonyl (C=O) groups excluding carboxylic acids is 1. The van der Waals surface area contributed by atoms with Crippen LogP contribution in [0.4, 0.5) is 4.39 Å². The highest BCUT2D eigenvalue weighted by molar-refractivity contribution is 7.89. The molecule has 0 N–H and O–H groups in total. The van der Waals surface area contributed by atoms with Crippen LogP contribution in [0, 0.1) is 12.7 Å². The van der Waals surface area contributed by atoms with Crippen molar-refractivity contribution in [1.29, 1.82) is 0 Å². The lowest BCUT2D eigenvalue weighted by Crippen LogP contribution is -2.51. The van der Waals surface area contributed by atoms with Crippen LogP contribution in [-0.2, 0) is 19.6 Å². The Hall–Kier alpha value is -1.55. The van der Waals surface area contributed by atoms with Gasteiger partial charge in [0.05, 0.1) is 18.1 Å². The Morgan fingerprint density at radius 1 is 1.11 bits per heavy atom. The number of benzene rings is 1. The van der Waals surface area contributed by atoms with E-state index < -0.39 is 15.8 Å². The highest BCUT2D eigenvalue weighted by Gasteiger charge is 2.31. The summed E-state index contributed by atoms with van der Waals surface area (Å²) in [5.74, 6) is -0.404. The normalized spacial score (nSPS) is 20.0. The molecule has 0 spiro atoms. The topological polar surface area (TPSA) is 70.2 Å². The maximum Gasteiger partial charge on any atom is 0.243 e. The van der Waals surface area contributed by atoms with Gasteiger partial charge in [0, 0.05) is 52.2 Å². The summed E-state index contributed by atoms with van der Waals surface area (Å²) in [6, 6.07) is 3.68. The van der Waals surface area contributed by atoms with Gasteiger partial charge in [-0.3, -0.25) is 9.69 Å². The molecule has 0 saturated carbocycles. The van der Waals surface area contributed by atoms with Crippen molar-refractivity contribution in [3.63, 3.8) is 0 Å². The minimum atomic E-state index is -3.68. The third kappa shape index (κ3) is 4.84. The zero-order valence-electron chi connectivity index (χ0n) is 15.6. The number of amides is 1. The highest BCUT2D eigenvalue weighted by atomic mass is 32.2. The van der Waals surface area contributed by atoms with Crippen LogP contribution in [0.25, 0.3) is 0 Å². The molecule has 0 aliphatic carbocycles. The molecule has 9 heteroatoms. The Kier molecular flexibility index (Phi) is 6.46. The fourth-order valence-corrected chi connectivity index (χ4v) is 5.08. The lowest BCUT2D eigenvalue weighted by molar-refractivity contribution is -0.133. The van der Waals surface area contributed by atoms with Crippen molar-refractivity contribution in [2.45, 2.75) is 18.2 Å². The van der Waals surface area contributed by atoms with Crippen LogP contribution in [-0.4, -0.2) is 87.5 Å². The number of sulfonamides is 1. The van der Waals surface area contributed by atoms with E-state index in [1.165, 1.54) is 16.4 Å². The first-order chi connectivity index (χ1) is 12.9. The van der Waals surface area contributed by atoms with E-state index in [0.29, 0.717) is 44.8 Å². The maximum absolute atomic E-state index is 13.3. The molecular formula is C18H26FN3O4S. The van der Waals surface area contributed by atoms with Gasteiger partial charge >= 0.3 is 0 Å². The highest BCUT2D eigenvalue weighted by Crippen LogP contribution is 2.22. The number of ether oxygens (including phenoxy) is 1. The standard InChI is InChI=1S/C18H26FN3O4S/c1-15-14-16(19)2-3-17(15)27(24,25)22-8-6-21(7-9-22)18(23)4-5-20-10-12-26-13-11-20/h2-3,14H,4-13H2,1H3. The van der Waals surface area contributed by atoms with E-state index in [4.69, 9.17) is 4.74 Å². The Balaban J connectivity index is 1.53. The first kappa shape index (κ1) is 20.2. The molecule has 2 saturated heterocycles. The van der Waals surface area contributed by atoms with Crippen molar-refractivity contribution in [3.8, 4) is 0 Å². The summed E-state index contributed by atoms with van der Waals surface area (Å²) >= 11 is 0. The third-order valence-corrected chi connectivity index (χ3v) is 7.15. The number of aryl methyl sites for hydroxylation is 1. The van der Waals surface area contributed by atoms with Crippen molar-refractivity contribution in [1.82, 2.24) is 14.1 Å². The monoisotopic (exact) mass is 399 g/mol. The van der Waals surface area contributed by atoms with E-state index in [-0.39, 0.29) is 23.9 Å². The van der Waals surface area contributed by atoms with Crippen LogP contribution in [0.15, 0.2) is 23.1 Å². The molecule has 2 heterocycles. The Morgan fingerprint density at radius 3 is 2.41 bits per heavy atom. The summed E-state index contributed by atoms with van der Waals surface area (Å²) < 4.78 is 45.6. The minimum absolute atomic E-state index is 0.0523. The number of morpholine rings is 1. The first-order valence-electron chi connectivity index (χ1n) is 9.22. The average Bonchev–Trinajstić information content (AvgIpc) is 2.66. The summed E-state index contributed by atoms with van der Waals surface area (Å²) in [5, 5.41) is 0. The quantitative estimate of drug-likeness (QED) is 0.729. The molecule has 1 aromatic carbocycles. The molecule has 150 valence electrons. The average molecular weight is 399 g/mol. The maximum atomic E-state index is 13.3. The summed E-state index contributed by atoms with van der Waals surface area (Å²) in [4.78, 5) is 16.5. The van der Waals surface area contributed by atoms with Gasteiger partial charge in [-0.05, 0) is 30.7 Å². The van der Waals surface area contributed by atoms with Gasteiger partial charge < -0.3 is 9.64 Å². The molecular weight excluding hydrogens is 373 g/mol. The number of rotatable bonds is 5. The number of hydrogen-bond acceptors (Lipinski definition) is 5. The summed E-state index contributed by atoms with van der Waals surface area (Å²) in [5.41, 5.74) is 0.388. The van der Waals surface area contributed by atoms with Gasteiger partial charge in [-0.25, -0.2) is 12.8 Å². The smallest absolute Gasteiger partial charge is 0.243 e. The van der Waals surface area contributed by atoms with Gasteiger partial charge in [-0.15, -0.1) is 0 Å². The van der Waals surface area contributed by atoms with Crippen molar-refractivity contribution >= 4 is 15.9 Å². The second-order valence-electron chi connectivity index (χ2n) is 6.90. The van der Waals surface area contributed by atoms with Crippen LogP contribution in [0.3, 0.4) is 0 Å². The van der Waals surface area contributed by atoms with E-state index in [9.17, 15) is 17.6 Å². The van der Waals surface area contributed by atoms with Crippen LogP contribution >= 0.6 is 0 Å². The van der Waals surface area contributed by atoms with Gasteiger partial charge in [0.25, 0.3) is 0 Å². The number of hydrogen-bond donors (Lipinski definition) is 0. The molecule has 1 aromatic rings. The molecule has 0 radical (unpaired) electrons. The zero-order valence-corrected chi connectivity index (χ0v) is 16.4. The van der Waals surface area contributed by atoms with Gasteiger partial charge in [-0.2, -0.15) is 4.31 Å². The number of nitrogens with zero attached hydrogens (tertiary/aromatic N) is 3. The SMILES string of the molecule is Cc1cc(F)ccc1S(=O)(=O)N1CCN(C(=O)CCN2CCOCC2)CC1. The second-order valence-corrected chi connectivity index (χ2v) is 8.81. The number of carbonyl (C=O) groups is 1. The van der Waals surface area contributed by atoms with Crippen LogP contribution in [0.2, 0.25) is 0 Å². The van der Waals surface area contributed by atoms with Crippen LogP contribution in [0.1, 0.15) is 12.0 Å². The van der Waals surface area contributed by atoms with E-state index in [2.05, 4.69) is 4.90 Å². The van der Waals surface area contributed by atoms with Gasteiger partial charge in [0.15, 0.2) is 0 Å². The molecule has 0 atom stereocenters. The molecule has 27 heavy (non-hydrogen) atoms.